The molecule has 0 N–H and O–H groups in total. The van der Waals surface area contributed by atoms with E-state index in [1.807, 2.05) is 13.8 Å². The monoisotopic (exact) mass is 136 g/mol. The molecule has 0 spiro atoms. The second-order valence-electron chi connectivity index (χ2n) is 2.65. The molecule has 0 nitrogen and oxygen atoms in total. The minimum Gasteiger partial charge on any atom is -0.210 e. The molecule has 56 valence electrons. The molecule has 0 aromatic heterocycles. The third kappa shape index (κ3) is 2.78. The maximum absolute atomic E-state index is 12.0. The second kappa shape index (κ2) is 3.80. The predicted molar refractivity (Wildman–Crippen MR) is 34.6 cm³/mol. The van der Waals surface area contributed by atoms with E-state index in [9.17, 15) is 8.78 Å². The van der Waals surface area contributed by atoms with Gasteiger partial charge < -0.3 is 0 Å². The van der Waals surface area contributed by atoms with E-state index in [1.165, 1.54) is 0 Å². The molecule has 0 radical (unpaired) electrons. The molecule has 2 heteroatoms. The highest BCUT2D eigenvalue weighted by atomic mass is 19.3. The predicted octanol–water partition coefficient (Wildman–Crippen LogP) is 2.93. The molecule has 0 fully saturated rings. The van der Waals surface area contributed by atoms with Gasteiger partial charge >= 0.3 is 0 Å². The van der Waals surface area contributed by atoms with Gasteiger partial charge in [0, 0.05) is 5.92 Å². The van der Waals surface area contributed by atoms with Gasteiger partial charge in [0.15, 0.2) is 0 Å². The van der Waals surface area contributed by atoms with Gasteiger partial charge in [0.25, 0.3) is 0 Å². The van der Waals surface area contributed by atoms with Crippen molar-refractivity contribution in [3.63, 3.8) is 0 Å². The van der Waals surface area contributed by atoms with Crippen molar-refractivity contribution in [1.82, 2.24) is 0 Å². The summed E-state index contributed by atoms with van der Waals surface area (Å²) in [7, 11) is 0. The SMILES string of the molecule is CCC(C(C)C)C(F)F. The molecule has 0 aliphatic heterocycles. The molecule has 0 aliphatic carbocycles. The lowest BCUT2D eigenvalue weighted by Crippen LogP contribution is -2.16. The smallest absolute Gasteiger partial charge is 0.210 e. The fourth-order valence-corrected chi connectivity index (χ4v) is 0.941. The molecule has 0 rings (SSSR count). The molecule has 9 heavy (non-hydrogen) atoms. The van der Waals surface area contributed by atoms with Gasteiger partial charge in [-0.15, -0.1) is 0 Å². The largest absolute Gasteiger partial charge is 0.241 e. The van der Waals surface area contributed by atoms with Gasteiger partial charge in [0.1, 0.15) is 0 Å². The standard InChI is InChI=1S/C7H14F2/c1-4-6(5(2)3)7(8)9/h5-7H,4H2,1-3H3. The summed E-state index contributed by atoms with van der Waals surface area (Å²) in [6.07, 6.45) is -1.56. The Morgan fingerprint density at radius 3 is 1.67 bits per heavy atom. The normalized spacial score (nSPS) is 15.0. The molecule has 0 bridgehead atoms. The summed E-state index contributed by atoms with van der Waals surface area (Å²) in [6, 6.07) is 0. The Morgan fingerprint density at radius 1 is 1.22 bits per heavy atom. The van der Waals surface area contributed by atoms with Gasteiger partial charge in [-0.3, -0.25) is 0 Å². The molecule has 0 heterocycles. The van der Waals surface area contributed by atoms with E-state index in [-0.39, 0.29) is 5.92 Å². The van der Waals surface area contributed by atoms with Crippen LogP contribution in [0.4, 0.5) is 8.78 Å². The van der Waals surface area contributed by atoms with Crippen LogP contribution in [0.15, 0.2) is 0 Å². The fraction of sp³-hybridized carbons (Fsp3) is 1.00. The Labute approximate surface area is 55.3 Å². The van der Waals surface area contributed by atoms with Crippen LogP contribution in [0, 0.1) is 11.8 Å². The lowest BCUT2D eigenvalue weighted by Gasteiger charge is -2.16. The average Bonchev–Trinajstić information content (AvgIpc) is 1.64. The molecule has 0 amide bonds. The lowest BCUT2D eigenvalue weighted by molar-refractivity contribution is 0.0500. The molecular formula is C7H14F2. The van der Waals surface area contributed by atoms with Crippen molar-refractivity contribution in [3.8, 4) is 0 Å². The zero-order chi connectivity index (χ0) is 7.44. The first kappa shape index (κ1) is 8.86. The van der Waals surface area contributed by atoms with Crippen LogP contribution in [-0.2, 0) is 0 Å². The van der Waals surface area contributed by atoms with E-state index in [0.29, 0.717) is 6.42 Å². The first-order chi connectivity index (χ1) is 4.09. The molecule has 1 atom stereocenters. The topological polar surface area (TPSA) is 0 Å². The van der Waals surface area contributed by atoms with Crippen LogP contribution in [0.2, 0.25) is 0 Å². The van der Waals surface area contributed by atoms with E-state index >= 15 is 0 Å². The van der Waals surface area contributed by atoms with Gasteiger partial charge in [-0.2, -0.15) is 0 Å². The summed E-state index contributed by atoms with van der Waals surface area (Å²) in [5.74, 6) is -0.306. The van der Waals surface area contributed by atoms with Crippen molar-refractivity contribution < 1.29 is 8.78 Å². The number of rotatable bonds is 3. The quantitative estimate of drug-likeness (QED) is 0.559. The summed E-state index contributed by atoms with van der Waals surface area (Å²) in [4.78, 5) is 0. The van der Waals surface area contributed by atoms with E-state index in [1.54, 1.807) is 6.92 Å². The molecule has 0 saturated carbocycles. The third-order valence-electron chi connectivity index (χ3n) is 1.65. The molecule has 0 aliphatic rings. The highest BCUT2D eigenvalue weighted by Crippen LogP contribution is 2.21. The number of halogens is 2. The summed E-state index contributed by atoms with van der Waals surface area (Å²) in [6.45, 7) is 5.47. The summed E-state index contributed by atoms with van der Waals surface area (Å²) in [5.41, 5.74) is 0. The molecule has 0 aromatic carbocycles. The summed E-state index contributed by atoms with van der Waals surface area (Å²) in [5, 5.41) is 0. The van der Waals surface area contributed by atoms with Gasteiger partial charge in [-0.25, -0.2) is 8.78 Å². The Bertz CT molecular complexity index is 61.3. The second-order valence-corrected chi connectivity index (χ2v) is 2.65. The average molecular weight is 136 g/mol. The lowest BCUT2D eigenvalue weighted by atomic mass is 9.94. The van der Waals surface area contributed by atoms with Crippen LogP contribution in [-0.4, -0.2) is 6.43 Å². The Morgan fingerprint density at radius 2 is 1.67 bits per heavy atom. The molecule has 0 aromatic rings. The van der Waals surface area contributed by atoms with Gasteiger partial charge in [-0.1, -0.05) is 20.8 Å². The first-order valence-corrected chi connectivity index (χ1v) is 3.37. The molecule has 0 saturated heterocycles. The van der Waals surface area contributed by atoms with Crippen LogP contribution < -0.4 is 0 Å². The minimum absolute atomic E-state index is 0.106. The summed E-state index contributed by atoms with van der Waals surface area (Å²) >= 11 is 0. The number of hydrogen-bond acceptors (Lipinski definition) is 0. The minimum atomic E-state index is -2.14. The van der Waals surface area contributed by atoms with Crippen molar-refractivity contribution in [3.05, 3.63) is 0 Å². The van der Waals surface area contributed by atoms with E-state index in [4.69, 9.17) is 0 Å². The van der Waals surface area contributed by atoms with Crippen molar-refractivity contribution >= 4 is 0 Å². The maximum atomic E-state index is 12.0. The highest BCUT2D eigenvalue weighted by molar-refractivity contribution is 4.62. The zero-order valence-corrected chi connectivity index (χ0v) is 6.20. The van der Waals surface area contributed by atoms with Crippen molar-refractivity contribution in [2.45, 2.75) is 33.6 Å². The van der Waals surface area contributed by atoms with Gasteiger partial charge in [0.2, 0.25) is 6.43 Å². The Hall–Kier alpha value is -0.140. The third-order valence-corrected chi connectivity index (χ3v) is 1.65. The number of alkyl halides is 2. The van der Waals surface area contributed by atoms with E-state index in [2.05, 4.69) is 0 Å². The van der Waals surface area contributed by atoms with Crippen LogP contribution in [0.3, 0.4) is 0 Å². The van der Waals surface area contributed by atoms with E-state index in [0.717, 1.165) is 0 Å². The van der Waals surface area contributed by atoms with E-state index < -0.39 is 12.3 Å². The van der Waals surface area contributed by atoms with Crippen LogP contribution in [0.25, 0.3) is 0 Å². The number of hydrogen-bond donors (Lipinski definition) is 0. The van der Waals surface area contributed by atoms with Gasteiger partial charge in [0.05, 0.1) is 0 Å². The van der Waals surface area contributed by atoms with Crippen molar-refractivity contribution in [2.24, 2.45) is 11.8 Å². The van der Waals surface area contributed by atoms with Crippen LogP contribution in [0.5, 0.6) is 0 Å². The summed E-state index contributed by atoms with van der Waals surface area (Å²) < 4.78 is 23.9. The zero-order valence-electron chi connectivity index (χ0n) is 6.20. The van der Waals surface area contributed by atoms with Crippen molar-refractivity contribution in [2.75, 3.05) is 0 Å². The molecular weight excluding hydrogens is 122 g/mol. The van der Waals surface area contributed by atoms with Crippen LogP contribution in [0.1, 0.15) is 27.2 Å². The maximum Gasteiger partial charge on any atom is 0.241 e. The van der Waals surface area contributed by atoms with Gasteiger partial charge in [-0.05, 0) is 12.3 Å². The van der Waals surface area contributed by atoms with Crippen molar-refractivity contribution in [1.29, 1.82) is 0 Å². The fourth-order valence-electron chi connectivity index (χ4n) is 0.941. The molecule has 1 unspecified atom stereocenters. The van der Waals surface area contributed by atoms with Crippen LogP contribution >= 0.6 is 0 Å². The Balaban J connectivity index is 3.68. The highest BCUT2D eigenvalue weighted by Gasteiger charge is 2.20. The first-order valence-electron chi connectivity index (χ1n) is 3.37. The Kier molecular flexibility index (Phi) is 3.75.